The molecule has 6 N–H and O–H groups in total. The van der Waals surface area contributed by atoms with E-state index < -0.39 is 42.7 Å². The molecule has 1 fully saturated rings. The third-order valence-electron chi connectivity index (χ3n) is 4.43. The van der Waals surface area contributed by atoms with Gasteiger partial charge in [-0.05, 0) is 30.3 Å². The molecule has 32 heavy (non-hydrogen) atoms. The largest absolute Gasteiger partial charge is 0.479 e. The fourth-order valence-corrected chi connectivity index (χ4v) is 3.26. The van der Waals surface area contributed by atoms with Gasteiger partial charge in [0.2, 0.25) is 6.29 Å². The van der Waals surface area contributed by atoms with Crippen LogP contribution in [0.4, 0.5) is 16.2 Å². The maximum Gasteiger partial charge on any atom is 0.335 e. The van der Waals surface area contributed by atoms with Crippen molar-refractivity contribution in [2.75, 3.05) is 10.6 Å². The minimum Gasteiger partial charge on any atom is -0.479 e. The van der Waals surface area contributed by atoms with Crippen molar-refractivity contribution in [1.82, 2.24) is 0 Å². The molecule has 13 heteroatoms. The molecule has 172 valence electrons. The van der Waals surface area contributed by atoms with Gasteiger partial charge >= 0.3 is 12.0 Å². The lowest BCUT2D eigenvalue weighted by Crippen LogP contribution is -2.61. The highest BCUT2D eigenvalue weighted by Crippen LogP contribution is 2.36. The number of aliphatic hydroxyl groups excluding tert-OH is 3. The Kier molecular flexibility index (Phi) is 7.67. The molecule has 1 aliphatic rings. The third-order valence-corrected chi connectivity index (χ3v) is 5.40. The first kappa shape index (κ1) is 24.3. The number of halogens is 3. The number of urea groups is 1. The monoisotopic (exact) mass is 506 g/mol. The Balaban J connectivity index is 1.82. The van der Waals surface area contributed by atoms with Gasteiger partial charge in [0.25, 0.3) is 0 Å². The summed E-state index contributed by atoms with van der Waals surface area (Å²) < 4.78 is 10.6. The second-order valence-electron chi connectivity index (χ2n) is 6.70. The molecule has 2 aromatic rings. The van der Waals surface area contributed by atoms with E-state index in [1.807, 2.05) is 0 Å². The number of amides is 2. The van der Waals surface area contributed by atoms with Gasteiger partial charge in [-0.25, -0.2) is 9.59 Å². The predicted octanol–water partition coefficient (Wildman–Crippen LogP) is 2.56. The number of hydrogen-bond donors (Lipinski definition) is 6. The van der Waals surface area contributed by atoms with Crippen LogP contribution >= 0.6 is 34.8 Å². The molecule has 0 spiro atoms. The Hall–Kier alpha value is -2.31. The highest BCUT2D eigenvalue weighted by molar-refractivity contribution is 6.42. The van der Waals surface area contributed by atoms with Crippen molar-refractivity contribution in [3.63, 3.8) is 0 Å². The van der Waals surface area contributed by atoms with Crippen LogP contribution in [0, 0.1) is 0 Å². The molecule has 1 heterocycles. The third kappa shape index (κ3) is 5.54. The van der Waals surface area contributed by atoms with E-state index >= 15 is 0 Å². The fraction of sp³-hybridized carbons (Fsp3) is 0.263. The maximum atomic E-state index is 12.4. The standard InChI is InChI=1S/C19H17Cl3N2O8/c20-7-1-3-8(4-2-7)23-19(30)24-11-5-9(21)10(22)6-12(11)31-18-15(27)13(25)14(26)16(32-18)17(28)29/h1-6,13-16,18,25-27H,(H,28,29)(H2,23,24,30)/t13-,14-,15+,16-,18+/m0/s1. The molecule has 5 atom stereocenters. The molecule has 2 aromatic carbocycles. The van der Waals surface area contributed by atoms with E-state index in [0.717, 1.165) is 0 Å². The lowest BCUT2D eigenvalue weighted by molar-refractivity contribution is -0.271. The Morgan fingerprint density at radius 3 is 2.16 bits per heavy atom. The Bertz CT molecular complexity index is 1010. The van der Waals surface area contributed by atoms with Crippen LogP contribution in [-0.4, -0.2) is 63.1 Å². The second-order valence-corrected chi connectivity index (χ2v) is 7.95. The van der Waals surface area contributed by atoms with Gasteiger partial charge in [-0.3, -0.25) is 0 Å². The van der Waals surface area contributed by atoms with Gasteiger partial charge in [0.15, 0.2) is 6.10 Å². The van der Waals surface area contributed by atoms with Crippen molar-refractivity contribution in [3.8, 4) is 5.75 Å². The molecule has 1 aliphatic heterocycles. The first-order valence-corrected chi connectivity index (χ1v) is 10.1. The number of nitrogens with one attached hydrogen (secondary N) is 2. The van der Waals surface area contributed by atoms with E-state index in [1.165, 1.54) is 12.1 Å². The number of hydrogen-bond acceptors (Lipinski definition) is 7. The first-order valence-electron chi connectivity index (χ1n) is 8.98. The highest BCUT2D eigenvalue weighted by atomic mass is 35.5. The number of anilines is 2. The zero-order valence-electron chi connectivity index (χ0n) is 15.9. The van der Waals surface area contributed by atoms with Crippen molar-refractivity contribution < 1.29 is 39.5 Å². The molecule has 0 radical (unpaired) electrons. The van der Waals surface area contributed by atoms with Crippen molar-refractivity contribution in [2.45, 2.75) is 30.7 Å². The Labute approximate surface area is 196 Å². The number of carbonyl (C=O) groups excluding carboxylic acids is 1. The van der Waals surface area contributed by atoms with Crippen LogP contribution in [0.1, 0.15) is 0 Å². The minimum atomic E-state index is -1.89. The van der Waals surface area contributed by atoms with Crippen molar-refractivity contribution in [3.05, 3.63) is 51.5 Å². The number of rotatable bonds is 5. The van der Waals surface area contributed by atoms with Gasteiger partial charge in [-0.15, -0.1) is 0 Å². The number of aliphatic hydroxyl groups is 3. The maximum absolute atomic E-state index is 12.4. The van der Waals surface area contributed by atoms with E-state index in [-0.39, 0.29) is 21.5 Å². The van der Waals surface area contributed by atoms with Crippen LogP contribution in [0.25, 0.3) is 0 Å². The summed E-state index contributed by atoms with van der Waals surface area (Å²) in [6.45, 7) is 0. The molecule has 10 nitrogen and oxygen atoms in total. The van der Waals surface area contributed by atoms with Gasteiger partial charge in [0.05, 0.1) is 15.7 Å². The van der Waals surface area contributed by atoms with Gasteiger partial charge < -0.3 is 40.5 Å². The quantitative estimate of drug-likeness (QED) is 0.360. The summed E-state index contributed by atoms with van der Waals surface area (Å²) in [6, 6.07) is 8.05. The average Bonchev–Trinajstić information content (AvgIpc) is 2.73. The molecule has 0 aliphatic carbocycles. The van der Waals surface area contributed by atoms with Crippen molar-refractivity contribution in [2.24, 2.45) is 0 Å². The summed E-state index contributed by atoms with van der Waals surface area (Å²) in [4.78, 5) is 23.7. The lowest BCUT2D eigenvalue weighted by Gasteiger charge is -2.38. The van der Waals surface area contributed by atoms with Gasteiger partial charge in [0.1, 0.15) is 24.1 Å². The number of carbonyl (C=O) groups is 2. The summed E-state index contributed by atoms with van der Waals surface area (Å²) in [7, 11) is 0. The molecule has 0 aromatic heterocycles. The fourth-order valence-electron chi connectivity index (χ4n) is 2.82. The SMILES string of the molecule is O=C(Nc1ccc(Cl)cc1)Nc1cc(Cl)c(Cl)cc1O[C@@H]1O[C@H](C(=O)O)[C@@H](O)[C@H](O)[C@H]1O. The van der Waals surface area contributed by atoms with Crippen molar-refractivity contribution in [1.29, 1.82) is 0 Å². The topological polar surface area (TPSA) is 158 Å². The van der Waals surface area contributed by atoms with Crippen LogP contribution < -0.4 is 15.4 Å². The lowest BCUT2D eigenvalue weighted by atomic mass is 9.99. The highest BCUT2D eigenvalue weighted by Gasteiger charge is 2.48. The number of benzene rings is 2. The summed E-state index contributed by atoms with van der Waals surface area (Å²) in [6.07, 6.45) is -9.16. The van der Waals surface area contributed by atoms with Crippen LogP contribution in [0.2, 0.25) is 15.1 Å². The number of aliphatic carboxylic acids is 1. The Morgan fingerprint density at radius 2 is 1.53 bits per heavy atom. The molecular formula is C19H17Cl3N2O8. The van der Waals surface area contributed by atoms with E-state index in [9.17, 15) is 24.9 Å². The van der Waals surface area contributed by atoms with E-state index in [1.54, 1.807) is 24.3 Å². The zero-order valence-corrected chi connectivity index (χ0v) is 18.2. The van der Waals surface area contributed by atoms with Crippen LogP contribution in [0.5, 0.6) is 5.75 Å². The molecular weight excluding hydrogens is 491 g/mol. The summed E-state index contributed by atoms with van der Waals surface area (Å²) in [5.41, 5.74) is 0.427. The van der Waals surface area contributed by atoms with Crippen LogP contribution in [-0.2, 0) is 9.53 Å². The van der Waals surface area contributed by atoms with Gasteiger partial charge in [0, 0.05) is 16.8 Å². The molecule has 0 bridgehead atoms. The van der Waals surface area contributed by atoms with Gasteiger partial charge in [-0.1, -0.05) is 34.8 Å². The normalized spacial score (nSPS) is 25.1. The molecule has 1 saturated heterocycles. The first-order chi connectivity index (χ1) is 15.1. The summed E-state index contributed by atoms with van der Waals surface area (Å²) in [5, 5.41) is 44.7. The Morgan fingerprint density at radius 1 is 0.906 bits per heavy atom. The number of ether oxygens (including phenoxy) is 2. The molecule has 2 amide bonds. The second kappa shape index (κ2) is 10.1. The minimum absolute atomic E-state index is 0.00542. The molecule has 0 unspecified atom stereocenters. The molecule has 3 rings (SSSR count). The van der Waals surface area contributed by atoms with E-state index in [2.05, 4.69) is 10.6 Å². The van der Waals surface area contributed by atoms with E-state index in [0.29, 0.717) is 10.7 Å². The molecule has 0 saturated carbocycles. The average molecular weight is 508 g/mol. The zero-order chi connectivity index (χ0) is 23.6. The van der Waals surface area contributed by atoms with Crippen molar-refractivity contribution >= 4 is 58.2 Å². The van der Waals surface area contributed by atoms with E-state index in [4.69, 9.17) is 49.4 Å². The van der Waals surface area contributed by atoms with Crippen LogP contribution in [0.15, 0.2) is 36.4 Å². The smallest absolute Gasteiger partial charge is 0.335 e. The number of carboxylic acids is 1. The summed E-state index contributed by atoms with van der Waals surface area (Å²) >= 11 is 17.8. The predicted molar refractivity (Wildman–Crippen MR) is 116 cm³/mol. The summed E-state index contributed by atoms with van der Waals surface area (Å²) in [5.74, 6) is -1.73. The van der Waals surface area contributed by atoms with Crippen LogP contribution in [0.3, 0.4) is 0 Å². The van der Waals surface area contributed by atoms with Gasteiger partial charge in [-0.2, -0.15) is 0 Å². The number of carboxylic acid groups (broad SMARTS) is 1.